The van der Waals surface area contributed by atoms with E-state index in [0.29, 0.717) is 12.8 Å². The van der Waals surface area contributed by atoms with Crippen molar-refractivity contribution in [2.45, 2.75) is 40.5 Å². The predicted octanol–water partition coefficient (Wildman–Crippen LogP) is -1.68. The maximum absolute atomic E-state index is 10.4. The second-order valence-corrected chi connectivity index (χ2v) is 3.78. The molecule has 19 heavy (non-hydrogen) atoms. The number of carbonyl (C=O) groups excluding carboxylic acids is 4. The van der Waals surface area contributed by atoms with Gasteiger partial charge < -0.3 is 19.8 Å². The maximum atomic E-state index is 10.4. The first-order chi connectivity index (χ1) is 8.18. The fourth-order valence-electron chi connectivity index (χ4n) is 1.24. The van der Waals surface area contributed by atoms with E-state index in [1.807, 2.05) is 0 Å². The summed E-state index contributed by atoms with van der Waals surface area (Å²) in [6, 6.07) is 0. The van der Waals surface area contributed by atoms with Crippen LogP contribution in [0, 0.1) is 11.8 Å². The summed E-state index contributed by atoms with van der Waals surface area (Å²) in [6.45, 7) is 5.79. The monoisotopic (exact) mass is 282 g/mol. The fraction of sp³-hybridized carbons (Fsp3) is 0.667. The summed E-state index contributed by atoms with van der Waals surface area (Å²) >= 11 is 0. The molecular formula is C12H18MgO6. The molecule has 0 heterocycles. The maximum Gasteiger partial charge on any atom is 2.00 e. The number of ketones is 2. The minimum absolute atomic E-state index is 0. The van der Waals surface area contributed by atoms with Crippen LogP contribution in [0.2, 0.25) is 0 Å². The number of rotatable bonds is 6. The van der Waals surface area contributed by atoms with Gasteiger partial charge in [0.25, 0.3) is 0 Å². The molecule has 0 aromatic rings. The normalized spacial score (nSPS) is 12.0. The summed E-state index contributed by atoms with van der Waals surface area (Å²) in [6.07, 6.45) is 0.634. The fourth-order valence-corrected chi connectivity index (χ4v) is 1.24. The van der Waals surface area contributed by atoms with E-state index in [2.05, 4.69) is 0 Å². The number of Topliss-reactive ketones (excluding diaryl/α,β-unsaturated/α-hetero) is 2. The summed E-state index contributed by atoms with van der Waals surface area (Å²) in [5, 5.41) is 20.1. The third-order valence-electron chi connectivity index (χ3n) is 2.37. The van der Waals surface area contributed by atoms with Crippen LogP contribution in [0.4, 0.5) is 0 Å². The van der Waals surface area contributed by atoms with Crippen LogP contribution >= 0.6 is 0 Å². The topological polar surface area (TPSA) is 114 Å². The molecule has 0 aliphatic heterocycles. The van der Waals surface area contributed by atoms with Crippen LogP contribution < -0.4 is 10.2 Å². The number of aliphatic carboxylic acids is 2. The average Bonchev–Trinajstić information content (AvgIpc) is 2.17. The van der Waals surface area contributed by atoms with Crippen molar-refractivity contribution in [3.05, 3.63) is 0 Å². The van der Waals surface area contributed by atoms with Gasteiger partial charge in [0.1, 0.15) is 11.6 Å². The largest absolute Gasteiger partial charge is 2.00 e. The van der Waals surface area contributed by atoms with Gasteiger partial charge >= 0.3 is 23.1 Å². The Bertz CT molecular complexity index is 266. The van der Waals surface area contributed by atoms with Gasteiger partial charge in [0.2, 0.25) is 0 Å². The zero-order valence-electron chi connectivity index (χ0n) is 11.7. The smallest absolute Gasteiger partial charge is 0.549 e. The Hall–Kier alpha value is -0.954. The molecule has 0 rings (SSSR count). The zero-order chi connectivity index (χ0) is 14.9. The Morgan fingerprint density at radius 3 is 1.00 bits per heavy atom. The van der Waals surface area contributed by atoms with Gasteiger partial charge in [0.15, 0.2) is 0 Å². The van der Waals surface area contributed by atoms with Crippen LogP contribution in [-0.4, -0.2) is 46.6 Å². The molecule has 0 aliphatic carbocycles. The summed E-state index contributed by atoms with van der Waals surface area (Å²) < 4.78 is 0. The van der Waals surface area contributed by atoms with E-state index in [4.69, 9.17) is 0 Å². The molecule has 7 heteroatoms. The standard InChI is InChI=1S/2C6H10O3.Mg/c2*1-3-5(4(2)7)6(8)9;/h2*5H,3H2,1-2H3,(H,8,9);/q;;+2/p-2. The summed E-state index contributed by atoms with van der Waals surface area (Å²) in [5.41, 5.74) is 0. The zero-order valence-corrected chi connectivity index (χ0v) is 13.1. The number of carboxylic acids is 2. The summed E-state index contributed by atoms with van der Waals surface area (Å²) in [5.74, 6) is -5.04. The molecule has 0 saturated carbocycles. The number of hydrogen-bond acceptors (Lipinski definition) is 6. The molecule has 0 aliphatic rings. The first-order valence-corrected chi connectivity index (χ1v) is 5.61. The minimum atomic E-state index is -1.27. The molecule has 2 atom stereocenters. The van der Waals surface area contributed by atoms with E-state index in [1.54, 1.807) is 13.8 Å². The molecule has 0 radical (unpaired) electrons. The van der Waals surface area contributed by atoms with Gasteiger partial charge in [0, 0.05) is 0 Å². The summed E-state index contributed by atoms with van der Waals surface area (Å²) in [4.78, 5) is 40.9. The molecule has 0 aromatic heterocycles. The molecule has 0 bridgehead atoms. The van der Waals surface area contributed by atoms with Gasteiger partial charge in [0.05, 0.1) is 23.8 Å². The molecular weight excluding hydrogens is 264 g/mol. The third-order valence-corrected chi connectivity index (χ3v) is 2.37. The van der Waals surface area contributed by atoms with Crippen molar-refractivity contribution >= 4 is 46.6 Å². The van der Waals surface area contributed by atoms with Gasteiger partial charge in [-0.05, 0) is 26.7 Å². The van der Waals surface area contributed by atoms with E-state index in [0.717, 1.165) is 0 Å². The molecule has 0 spiro atoms. The molecule has 0 amide bonds. The van der Waals surface area contributed by atoms with Gasteiger partial charge in [-0.1, -0.05) is 13.8 Å². The van der Waals surface area contributed by atoms with E-state index < -0.39 is 23.8 Å². The second-order valence-electron chi connectivity index (χ2n) is 3.78. The Labute approximate surface area is 128 Å². The van der Waals surface area contributed by atoms with Crippen LogP contribution in [0.5, 0.6) is 0 Å². The first-order valence-electron chi connectivity index (χ1n) is 5.61. The van der Waals surface area contributed by atoms with Gasteiger partial charge in [-0.3, -0.25) is 9.59 Å². The Morgan fingerprint density at radius 2 is 1.00 bits per heavy atom. The number of carboxylic acid groups (broad SMARTS) is 2. The molecule has 6 nitrogen and oxygen atoms in total. The second kappa shape index (κ2) is 12.1. The van der Waals surface area contributed by atoms with Crippen molar-refractivity contribution in [1.29, 1.82) is 0 Å². The van der Waals surface area contributed by atoms with Gasteiger partial charge in [-0.25, -0.2) is 0 Å². The Kier molecular flexibility index (Phi) is 14.7. The van der Waals surface area contributed by atoms with Gasteiger partial charge in [-0.15, -0.1) is 0 Å². The number of hydrogen-bond donors (Lipinski definition) is 0. The van der Waals surface area contributed by atoms with E-state index in [-0.39, 0.29) is 34.6 Å². The van der Waals surface area contributed by atoms with E-state index in [9.17, 15) is 29.4 Å². The molecule has 104 valence electrons. The Balaban J connectivity index is -0.000000256. The van der Waals surface area contributed by atoms with Crippen molar-refractivity contribution < 1.29 is 29.4 Å². The van der Waals surface area contributed by atoms with Crippen molar-refractivity contribution in [1.82, 2.24) is 0 Å². The van der Waals surface area contributed by atoms with Crippen LogP contribution in [0.1, 0.15) is 40.5 Å². The van der Waals surface area contributed by atoms with Crippen LogP contribution in [0.3, 0.4) is 0 Å². The first kappa shape index (κ1) is 23.2. The average molecular weight is 283 g/mol. The Morgan fingerprint density at radius 1 is 0.789 bits per heavy atom. The van der Waals surface area contributed by atoms with Crippen molar-refractivity contribution in [3.63, 3.8) is 0 Å². The van der Waals surface area contributed by atoms with E-state index >= 15 is 0 Å². The van der Waals surface area contributed by atoms with Crippen molar-refractivity contribution in [2.24, 2.45) is 11.8 Å². The molecule has 2 unspecified atom stereocenters. The molecule has 0 fully saturated rings. The minimum Gasteiger partial charge on any atom is -0.549 e. The van der Waals surface area contributed by atoms with Crippen LogP contribution in [0.15, 0.2) is 0 Å². The van der Waals surface area contributed by atoms with E-state index in [1.165, 1.54) is 13.8 Å². The quantitative estimate of drug-likeness (QED) is 0.425. The molecule has 0 aromatic carbocycles. The predicted molar refractivity (Wildman–Crippen MR) is 64.7 cm³/mol. The van der Waals surface area contributed by atoms with Crippen LogP contribution in [-0.2, 0) is 19.2 Å². The SMILES string of the molecule is CCC(C(C)=O)C(=O)[O-].CCC(C(C)=O)C(=O)[O-].[Mg+2]. The summed E-state index contributed by atoms with van der Waals surface area (Å²) in [7, 11) is 0. The molecule has 0 N–H and O–H groups in total. The van der Waals surface area contributed by atoms with Crippen molar-refractivity contribution in [3.8, 4) is 0 Å². The molecule has 0 saturated heterocycles. The number of carbonyl (C=O) groups is 4. The van der Waals surface area contributed by atoms with Gasteiger partial charge in [-0.2, -0.15) is 0 Å². The van der Waals surface area contributed by atoms with Crippen molar-refractivity contribution in [2.75, 3.05) is 0 Å². The van der Waals surface area contributed by atoms with Crippen LogP contribution in [0.25, 0.3) is 0 Å². The third kappa shape index (κ3) is 10.6.